The summed E-state index contributed by atoms with van der Waals surface area (Å²) >= 11 is 5.89. The summed E-state index contributed by atoms with van der Waals surface area (Å²) in [7, 11) is 0. The van der Waals surface area contributed by atoms with E-state index in [0.29, 0.717) is 16.5 Å². The smallest absolute Gasteiger partial charge is 0.251 e. The molecule has 3 nitrogen and oxygen atoms in total. The average Bonchev–Trinajstić information content (AvgIpc) is 3.15. The molecule has 4 heteroatoms. The van der Waals surface area contributed by atoms with Crippen molar-refractivity contribution in [1.82, 2.24) is 10.2 Å². The molecule has 3 rings (SSSR count). The van der Waals surface area contributed by atoms with Crippen LogP contribution in [0.2, 0.25) is 5.02 Å². The molecule has 1 heterocycles. The second-order valence-electron chi connectivity index (χ2n) is 5.60. The highest BCUT2D eigenvalue weighted by atomic mass is 35.5. The Balaban J connectivity index is 1.48. The van der Waals surface area contributed by atoms with E-state index in [4.69, 9.17) is 11.6 Å². The molecule has 1 aliphatic carbocycles. The second-order valence-corrected chi connectivity index (χ2v) is 6.04. The minimum atomic E-state index is -0.0210. The fraction of sp³-hybridized carbons (Fsp3) is 0.533. The summed E-state index contributed by atoms with van der Waals surface area (Å²) in [5.41, 5.74) is 0.643. The van der Waals surface area contributed by atoms with E-state index in [1.807, 2.05) is 6.07 Å². The van der Waals surface area contributed by atoms with Crippen molar-refractivity contribution in [2.24, 2.45) is 5.92 Å². The number of hydrogen-bond acceptors (Lipinski definition) is 2. The third-order valence-corrected chi connectivity index (χ3v) is 4.25. The van der Waals surface area contributed by atoms with E-state index in [0.717, 1.165) is 19.1 Å². The number of halogens is 1. The van der Waals surface area contributed by atoms with Crippen molar-refractivity contribution >= 4 is 17.5 Å². The third-order valence-electron chi connectivity index (χ3n) is 4.02. The summed E-state index contributed by atoms with van der Waals surface area (Å²) in [4.78, 5) is 14.6. The Morgan fingerprint density at radius 2 is 2.21 bits per heavy atom. The number of carbonyl (C=O) groups excluding carboxylic acids is 1. The monoisotopic (exact) mass is 278 g/mol. The summed E-state index contributed by atoms with van der Waals surface area (Å²) in [6, 6.07) is 7.94. The van der Waals surface area contributed by atoms with E-state index in [1.54, 1.807) is 18.2 Å². The Morgan fingerprint density at radius 1 is 1.37 bits per heavy atom. The minimum absolute atomic E-state index is 0.0210. The zero-order valence-electron chi connectivity index (χ0n) is 10.9. The van der Waals surface area contributed by atoms with E-state index in [9.17, 15) is 4.79 Å². The Hall–Kier alpha value is -1.06. The maximum atomic E-state index is 12.0. The van der Waals surface area contributed by atoms with Crippen molar-refractivity contribution in [3.05, 3.63) is 34.9 Å². The van der Waals surface area contributed by atoms with Gasteiger partial charge in [-0.1, -0.05) is 17.7 Å². The molecular formula is C15H19ClN2O. The number of likely N-dealkylation sites (tertiary alicyclic amines) is 1. The third kappa shape index (κ3) is 3.28. The average molecular weight is 279 g/mol. The van der Waals surface area contributed by atoms with Crippen LogP contribution < -0.4 is 5.32 Å². The van der Waals surface area contributed by atoms with Gasteiger partial charge in [-0.25, -0.2) is 0 Å². The Kier molecular flexibility index (Phi) is 3.76. The van der Waals surface area contributed by atoms with Crippen molar-refractivity contribution < 1.29 is 4.79 Å². The molecule has 0 spiro atoms. The van der Waals surface area contributed by atoms with Gasteiger partial charge in [-0.15, -0.1) is 0 Å². The van der Waals surface area contributed by atoms with Crippen LogP contribution in [0.4, 0.5) is 0 Å². The summed E-state index contributed by atoms with van der Waals surface area (Å²) in [5.74, 6) is 0.580. The topological polar surface area (TPSA) is 32.3 Å². The standard InChI is InChI=1S/C15H19ClN2O/c16-13-3-1-2-12(8-13)15(19)17-9-11-6-7-18(10-11)14-4-5-14/h1-3,8,11,14H,4-7,9-10H2,(H,17,19). The zero-order chi connectivity index (χ0) is 13.2. The lowest BCUT2D eigenvalue weighted by molar-refractivity contribution is 0.0947. The number of carbonyl (C=O) groups is 1. The maximum absolute atomic E-state index is 12.0. The Bertz CT molecular complexity index is 473. The number of hydrogen-bond donors (Lipinski definition) is 1. The van der Waals surface area contributed by atoms with E-state index >= 15 is 0 Å². The van der Waals surface area contributed by atoms with Crippen LogP contribution in [-0.2, 0) is 0 Å². The highest BCUT2D eigenvalue weighted by Crippen LogP contribution is 2.31. The Morgan fingerprint density at radius 3 is 2.95 bits per heavy atom. The zero-order valence-corrected chi connectivity index (χ0v) is 11.7. The predicted octanol–water partition coefficient (Wildman–Crippen LogP) is 2.55. The van der Waals surface area contributed by atoms with E-state index in [1.165, 1.54) is 25.8 Å². The molecule has 1 saturated carbocycles. The van der Waals surface area contributed by atoms with Gasteiger partial charge < -0.3 is 10.2 Å². The van der Waals surface area contributed by atoms with Crippen molar-refractivity contribution in [2.45, 2.75) is 25.3 Å². The number of nitrogens with zero attached hydrogens (tertiary/aromatic N) is 1. The molecule has 1 amide bonds. The van der Waals surface area contributed by atoms with Gasteiger partial charge in [0.05, 0.1) is 0 Å². The number of benzene rings is 1. The first-order valence-corrected chi connectivity index (χ1v) is 7.38. The van der Waals surface area contributed by atoms with Gasteiger partial charge in [0.1, 0.15) is 0 Å². The van der Waals surface area contributed by atoms with E-state index in [-0.39, 0.29) is 5.91 Å². The minimum Gasteiger partial charge on any atom is -0.352 e. The van der Waals surface area contributed by atoms with Gasteiger partial charge in [-0.3, -0.25) is 4.79 Å². The van der Waals surface area contributed by atoms with E-state index < -0.39 is 0 Å². The van der Waals surface area contributed by atoms with Gasteiger partial charge in [-0.2, -0.15) is 0 Å². The summed E-state index contributed by atoms with van der Waals surface area (Å²) in [5, 5.41) is 3.63. The van der Waals surface area contributed by atoms with Crippen LogP contribution in [0.3, 0.4) is 0 Å². The molecule has 2 aliphatic rings. The molecule has 0 aromatic heterocycles. The van der Waals surface area contributed by atoms with Crippen LogP contribution in [0.5, 0.6) is 0 Å². The molecule has 1 atom stereocenters. The van der Waals surface area contributed by atoms with Gasteiger partial charge >= 0.3 is 0 Å². The van der Waals surface area contributed by atoms with Gasteiger partial charge in [0.15, 0.2) is 0 Å². The fourth-order valence-corrected chi connectivity index (χ4v) is 2.96. The Labute approximate surface area is 118 Å². The van der Waals surface area contributed by atoms with Crippen LogP contribution in [0.1, 0.15) is 29.6 Å². The van der Waals surface area contributed by atoms with Crippen molar-refractivity contribution in [3.63, 3.8) is 0 Å². The molecule has 1 aromatic carbocycles. The normalized spacial score (nSPS) is 23.5. The summed E-state index contributed by atoms with van der Waals surface area (Å²) < 4.78 is 0. The van der Waals surface area contributed by atoms with Gasteiger partial charge in [0.25, 0.3) is 5.91 Å². The predicted molar refractivity (Wildman–Crippen MR) is 76.5 cm³/mol. The number of amides is 1. The van der Waals surface area contributed by atoms with Crippen molar-refractivity contribution in [2.75, 3.05) is 19.6 Å². The molecule has 0 bridgehead atoms. The van der Waals surface area contributed by atoms with Gasteiger partial charge in [-0.05, 0) is 49.9 Å². The largest absolute Gasteiger partial charge is 0.352 e. The molecule has 102 valence electrons. The van der Waals surface area contributed by atoms with Gasteiger partial charge in [0, 0.05) is 29.7 Å². The van der Waals surface area contributed by atoms with Crippen molar-refractivity contribution in [1.29, 1.82) is 0 Å². The lowest BCUT2D eigenvalue weighted by atomic mass is 10.1. The molecule has 1 N–H and O–H groups in total. The van der Waals surface area contributed by atoms with E-state index in [2.05, 4.69) is 10.2 Å². The summed E-state index contributed by atoms with van der Waals surface area (Å²) in [6.45, 7) is 3.11. The fourth-order valence-electron chi connectivity index (χ4n) is 2.77. The van der Waals surface area contributed by atoms with Crippen LogP contribution in [0.25, 0.3) is 0 Å². The van der Waals surface area contributed by atoms with Crippen molar-refractivity contribution in [3.8, 4) is 0 Å². The first-order chi connectivity index (χ1) is 9.22. The maximum Gasteiger partial charge on any atom is 0.251 e. The highest BCUT2D eigenvalue weighted by molar-refractivity contribution is 6.30. The molecule has 1 aromatic rings. The number of nitrogens with one attached hydrogen (secondary N) is 1. The SMILES string of the molecule is O=C(NCC1CCN(C2CC2)C1)c1cccc(Cl)c1. The molecular weight excluding hydrogens is 260 g/mol. The van der Waals surface area contributed by atoms with Gasteiger partial charge in [0.2, 0.25) is 0 Å². The lowest BCUT2D eigenvalue weighted by Gasteiger charge is -2.15. The van der Waals surface area contributed by atoms with Crippen LogP contribution >= 0.6 is 11.6 Å². The second kappa shape index (κ2) is 5.51. The highest BCUT2D eigenvalue weighted by Gasteiger charge is 2.34. The first kappa shape index (κ1) is 12.9. The van der Waals surface area contributed by atoms with Crippen LogP contribution in [0.15, 0.2) is 24.3 Å². The van der Waals surface area contributed by atoms with Crippen LogP contribution in [0, 0.1) is 5.92 Å². The molecule has 1 aliphatic heterocycles. The summed E-state index contributed by atoms with van der Waals surface area (Å²) in [6.07, 6.45) is 3.93. The van der Waals surface area contributed by atoms with Crippen LogP contribution in [-0.4, -0.2) is 36.5 Å². The molecule has 1 unspecified atom stereocenters. The molecule has 1 saturated heterocycles. The quantitative estimate of drug-likeness (QED) is 0.918. The lowest BCUT2D eigenvalue weighted by Crippen LogP contribution is -2.31. The molecule has 0 radical (unpaired) electrons. The molecule has 2 fully saturated rings. The number of rotatable bonds is 4. The molecule has 19 heavy (non-hydrogen) atoms. The first-order valence-electron chi connectivity index (χ1n) is 7.00.